The molecule has 1 aromatic heterocycles. The molecule has 0 aromatic carbocycles. The van der Waals surface area contributed by atoms with E-state index in [9.17, 15) is 18.0 Å². The van der Waals surface area contributed by atoms with Gasteiger partial charge in [-0.2, -0.15) is 0 Å². The largest absolute Gasteiger partial charge is 0.448 e. The zero-order chi connectivity index (χ0) is 18.2. The molecule has 1 fully saturated rings. The van der Waals surface area contributed by atoms with Gasteiger partial charge in [0.1, 0.15) is 4.88 Å². The first kappa shape index (κ1) is 18.4. The van der Waals surface area contributed by atoms with E-state index in [-0.39, 0.29) is 11.5 Å². The first-order valence-corrected chi connectivity index (χ1v) is 11.2. The molecule has 0 bridgehead atoms. The summed E-state index contributed by atoms with van der Waals surface area (Å²) in [6, 6.07) is 1.49. The summed E-state index contributed by atoms with van der Waals surface area (Å²) in [5.74, 6) is -0.280. The third-order valence-electron chi connectivity index (χ3n) is 4.76. The Labute approximate surface area is 151 Å². The molecule has 0 unspecified atom stereocenters. The van der Waals surface area contributed by atoms with Crippen LogP contribution in [0.15, 0.2) is 6.07 Å². The maximum atomic E-state index is 12.3. The minimum Gasteiger partial charge on any atom is -0.448 e. The minimum absolute atomic E-state index is 0.0464. The average Bonchev–Trinajstić information content (AvgIpc) is 3.09. The summed E-state index contributed by atoms with van der Waals surface area (Å²) in [7, 11) is -3.06. The average molecular weight is 386 g/mol. The van der Waals surface area contributed by atoms with Crippen LogP contribution in [0.25, 0.3) is 0 Å². The minimum atomic E-state index is -3.06. The smallest absolute Gasteiger partial charge is 0.349 e. The fraction of sp³-hybridized carbons (Fsp3) is 0.647. The van der Waals surface area contributed by atoms with Crippen LogP contribution >= 0.6 is 11.3 Å². The van der Waals surface area contributed by atoms with Crippen LogP contribution in [-0.4, -0.2) is 43.9 Å². The Kier molecular flexibility index (Phi) is 5.20. The molecule has 1 aromatic rings. The van der Waals surface area contributed by atoms with Gasteiger partial charge in [0.2, 0.25) is 0 Å². The van der Waals surface area contributed by atoms with Crippen molar-refractivity contribution in [2.75, 3.05) is 11.5 Å². The number of hydrogen-bond acceptors (Lipinski definition) is 6. The number of nitrogens with one attached hydrogen (secondary N) is 1. The van der Waals surface area contributed by atoms with Crippen LogP contribution in [-0.2, 0) is 32.2 Å². The van der Waals surface area contributed by atoms with Gasteiger partial charge in [0.15, 0.2) is 15.9 Å². The lowest BCUT2D eigenvalue weighted by atomic mass is 9.90. The second kappa shape index (κ2) is 7.07. The molecule has 25 heavy (non-hydrogen) atoms. The zero-order valence-electron chi connectivity index (χ0n) is 14.4. The molecule has 0 radical (unpaired) electrons. The molecule has 3 rings (SSSR count). The van der Waals surface area contributed by atoms with Crippen molar-refractivity contribution < 1.29 is 22.7 Å². The third kappa shape index (κ3) is 4.41. The van der Waals surface area contributed by atoms with E-state index >= 15 is 0 Å². The van der Waals surface area contributed by atoms with Crippen LogP contribution in [0, 0.1) is 5.92 Å². The highest BCUT2D eigenvalue weighted by molar-refractivity contribution is 7.91. The zero-order valence-corrected chi connectivity index (χ0v) is 16.0. The predicted octanol–water partition coefficient (Wildman–Crippen LogP) is 1.72. The van der Waals surface area contributed by atoms with E-state index in [1.165, 1.54) is 28.7 Å². The maximum absolute atomic E-state index is 12.3. The Morgan fingerprint density at radius 2 is 2.12 bits per heavy atom. The lowest BCUT2D eigenvalue weighted by Crippen LogP contribution is -2.42. The van der Waals surface area contributed by atoms with Crippen molar-refractivity contribution in [2.24, 2.45) is 5.92 Å². The lowest BCUT2D eigenvalue weighted by molar-refractivity contribution is -0.129. The van der Waals surface area contributed by atoms with E-state index in [0.717, 1.165) is 19.3 Å². The summed E-state index contributed by atoms with van der Waals surface area (Å²) in [4.78, 5) is 26.2. The number of sulfone groups is 1. The van der Waals surface area contributed by atoms with Crippen LogP contribution in [0.2, 0.25) is 0 Å². The summed E-state index contributed by atoms with van der Waals surface area (Å²) in [6.07, 6.45) is 2.55. The lowest BCUT2D eigenvalue weighted by Gasteiger charge is -2.16. The van der Waals surface area contributed by atoms with Gasteiger partial charge in [-0.3, -0.25) is 4.79 Å². The van der Waals surface area contributed by atoms with Crippen molar-refractivity contribution in [1.82, 2.24) is 5.32 Å². The molecule has 2 heterocycles. The topological polar surface area (TPSA) is 89.5 Å². The normalized spacial score (nSPS) is 25.8. The fourth-order valence-corrected chi connectivity index (χ4v) is 6.07. The number of fused-ring (bicyclic) bond motifs is 1. The predicted molar refractivity (Wildman–Crippen MR) is 95.6 cm³/mol. The molecular weight excluding hydrogens is 362 g/mol. The van der Waals surface area contributed by atoms with Gasteiger partial charge in [-0.15, -0.1) is 11.3 Å². The van der Waals surface area contributed by atoms with Gasteiger partial charge >= 0.3 is 5.97 Å². The van der Waals surface area contributed by atoms with Gasteiger partial charge < -0.3 is 10.1 Å². The summed E-state index contributed by atoms with van der Waals surface area (Å²) in [5.41, 5.74) is 1.21. The summed E-state index contributed by atoms with van der Waals surface area (Å²) in [5, 5.41) is 2.65. The van der Waals surface area contributed by atoms with E-state index in [2.05, 4.69) is 12.2 Å². The monoisotopic (exact) mass is 385 g/mol. The molecule has 1 saturated heterocycles. The Balaban J connectivity index is 1.56. The molecule has 138 valence electrons. The van der Waals surface area contributed by atoms with Gasteiger partial charge in [0.25, 0.3) is 5.91 Å². The highest BCUT2D eigenvalue weighted by Crippen LogP contribution is 2.32. The molecule has 6 nitrogen and oxygen atoms in total. The molecule has 1 N–H and O–H groups in total. The van der Waals surface area contributed by atoms with Crippen LogP contribution in [0.1, 0.15) is 46.8 Å². The van der Waals surface area contributed by atoms with Crippen LogP contribution < -0.4 is 5.32 Å². The summed E-state index contributed by atoms with van der Waals surface area (Å²) >= 11 is 1.45. The number of amides is 1. The van der Waals surface area contributed by atoms with Crippen molar-refractivity contribution in [3.05, 3.63) is 21.4 Å². The first-order chi connectivity index (χ1) is 11.7. The van der Waals surface area contributed by atoms with Gasteiger partial charge in [-0.25, -0.2) is 13.2 Å². The van der Waals surface area contributed by atoms with Crippen molar-refractivity contribution in [2.45, 2.75) is 51.7 Å². The molecule has 8 heteroatoms. The summed E-state index contributed by atoms with van der Waals surface area (Å²) < 4.78 is 28.2. The third-order valence-corrected chi connectivity index (χ3v) is 7.75. The number of carbonyl (C=O) groups excluding carboxylic acids is 2. The fourth-order valence-electron chi connectivity index (χ4n) is 3.31. The Hall–Kier alpha value is -1.41. The van der Waals surface area contributed by atoms with Crippen LogP contribution in [0.3, 0.4) is 0 Å². The molecule has 1 aliphatic carbocycles. The van der Waals surface area contributed by atoms with Gasteiger partial charge in [0, 0.05) is 10.9 Å². The molecule has 2 aliphatic rings. The quantitative estimate of drug-likeness (QED) is 0.797. The Morgan fingerprint density at radius 3 is 2.80 bits per heavy atom. The van der Waals surface area contributed by atoms with Crippen molar-refractivity contribution in [3.8, 4) is 0 Å². The van der Waals surface area contributed by atoms with Crippen LogP contribution in [0.5, 0.6) is 0 Å². The highest BCUT2D eigenvalue weighted by atomic mass is 32.2. The van der Waals surface area contributed by atoms with Crippen LogP contribution in [0.4, 0.5) is 0 Å². The van der Waals surface area contributed by atoms with Crippen molar-refractivity contribution in [3.63, 3.8) is 0 Å². The highest BCUT2D eigenvalue weighted by Gasteiger charge is 2.31. The van der Waals surface area contributed by atoms with Crippen molar-refractivity contribution >= 4 is 33.1 Å². The number of thiophene rings is 1. The molecule has 1 aliphatic heterocycles. The number of esters is 1. The van der Waals surface area contributed by atoms with E-state index in [1.54, 1.807) is 0 Å². The van der Waals surface area contributed by atoms with Gasteiger partial charge in [-0.05, 0) is 50.2 Å². The first-order valence-electron chi connectivity index (χ1n) is 8.57. The molecular formula is C17H23NO5S2. The van der Waals surface area contributed by atoms with Crippen molar-refractivity contribution in [1.29, 1.82) is 0 Å². The van der Waals surface area contributed by atoms with Gasteiger partial charge in [0.05, 0.1) is 11.5 Å². The van der Waals surface area contributed by atoms with E-state index in [4.69, 9.17) is 4.74 Å². The Bertz CT molecular complexity index is 783. The number of ether oxygens (including phenoxy) is 1. The standard InChI is InChI=1S/C17H23NO5S2/c1-10-3-4-14-12(7-10)8-15(24-14)17(20)23-11(2)16(19)18-13-5-6-25(21,22)9-13/h8,10-11,13H,3-7,9H2,1-2H3,(H,18,19)/t10-,11-,13-/m1/s1. The Morgan fingerprint density at radius 1 is 1.36 bits per heavy atom. The molecule has 3 atom stereocenters. The van der Waals surface area contributed by atoms with Gasteiger partial charge in [-0.1, -0.05) is 6.92 Å². The molecule has 0 spiro atoms. The second-order valence-corrected chi connectivity index (χ2v) is 10.4. The number of rotatable bonds is 4. The van der Waals surface area contributed by atoms with E-state index in [1.807, 2.05) is 6.07 Å². The number of hydrogen-bond donors (Lipinski definition) is 1. The second-order valence-electron chi connectivity index (χ2n) is 7.06. The maximum Gasteiger partial charge on any atom is 0.349 e. The molecule has 0 saturated carbocycles. The SMILES string of the molecule is C[C@@H]1CCc2sc(C(=O)O[C@H](C)C(=O)N[C@@H]3CCS(=O)(=O)C3)cc2C1. The summed E-state index contributed by atoms with van der Waals surface area (Å²) in [6.45, 7) is 3.71. The van der Waals surface area contributed by atoms with E-state index in [0.29, 0.717) is 17.2 Å². The van der Waals surface area contributed by atoms with E-state index < -0.39 is 33.9 Å². The number of aryl methyl sites for hydroxylation is 1. The number of carbonyl (C=O) groups is 2. The molecule has 1 amide bonds.